The monoisotopic (exact) mass is 370 g/mol. The number of hydrogen-bond acceptors (Lipinski definition) is 3. The van der Waals surface area contributed by atoms with E-state index in [0.29, 0.717) is 6.42 Å². The molecule has 1 fully saturated rings. The van der Waals surface area contributed by atoms with E-state index in [-0.39, 0.29) is 23.4 Å². The lowest BCUT2D eigenvalue weighted by Crippen LogP contribution is -2.16. The van der Waals surface area contributed by atoms with Crippen LogP contribution in [-0.2, 0) is 9.59 Å². The number of carboxylic acids is 2. The summed E-state index contributed by atoms with van der Waals surface area (Å²) in [5.41, 5.74) is -0.0527. The quantitative estimate of drug-likeness (QED) is 0.332. The second-order valence-electron chi connectivity index (χ2n) is 9.16. The molecule has 0 aliphatic heterocycles. The maximum absolute atomic E-state index is 10.8. The van der Waals surface area contributed by atoms with Crippen LogP contribution in [0.25, 0.3) is 0 Å². The van der Waals surface area contributed by atoms with E-state index in [2.05, 4.69) is 0 Å². The molecule has 0 aromatic carbocycles. The Hall–Kier alpha value is -1.10. The minimum Gasteiger partial charge on any atom is -0.481 e. The van der Waals surface area contributed by atoms with E-state index in [1.54, 1.807) is 0 Å². The van der Waals surface area contributed by atoms with Crippen LogP contribution in [0.15, 0.2) is 0 Å². The summed E-state index contributed by atoms with van der Waals surface area (Å²) in [4.78, 5) is 21.6. The van der Waals surface area contributed by atoms with Crippen molar-refractivity contribution in [2.24, 2.45) is 10.8 Å². The maximum Gasteiger partial charge on any atom is 0.303 e. The number of aliphatic hydroxyl groups excluding tert-OH is 1. The molecule has 0 saturated heterocycles. The summed E-state index contributed by atoms with van der Waals surface area (Å²) in [6, 6.07) is 0. The van der Waals surface area contributed by atoms with Gasteiger partial charge in [-0.25, -0.2) is 0 Å². The largest absolute Gasteiger partial charge is 0.481 e. The van der Waals surface area contributed by atoms with Gasteiger partial charge in [-0.2, -0.15) is 0 Å². The highest BCUT2D eigenvalue weighted by molar-refractivity contribution is 5.68. The van der Waals surface area contributed by atoms with Gasteiger partial charge in [0.1, 0.15) is 0 Å². The summed E-state index contributed by atoms with van der Waals surface area (Å²) in [5, 5.41) is 27.8. The molecule has 1 atom stereocenters. The van der Waals surface area contributed by atoms with Crippen LogP contribution in [0.2, 0.25) is 0 Å². The fourth-order valence-electron chi connectivity index (χ4n) is 3.87. The van der Waals surface area contributed by atoms with Gasteiger partial charge in [-0.1, -0.05) is 52.4 Å². The van der Waals surface area contributed by atoms with Gasteiger partial charge in [-0.15, -0.1) is 0 Å². The third kappa shape index (κ3) is 10.8. The molecule has 1 aliphatic carbocycles. The minimum atomic E-state index is -0.735. The second kappa shape index (κ2) is 10.9. The van der Waals surface area contributed by atoms with E-state index >= 15 is 0 Å². The van der Waals surface area contributed by atoms with Crippen LogP contribution in [0.3, 0.4) is 0 Å². The summed E-state index contributed by atoms with van der Waals surface area (Å²) in [6.45, 7) is 4.00. The van der Waals surface area contributed by atoms with Crippen molar-refractivity contribution in [2.45, 2.75) is 110 Å². The topological polar surface area (TPSA) is 94.8 Å². The smallest absolute Gasteiger partial charge is 0.303 e. The number of carboxylic acid groups (broad SMARTS) is 2. The second-order valence-corrected chi connectivity index (χ2v) is 9.16. The van der Waals surface area contributed by atoms with E-state index in [4.69, 9.17) is 10.2 Å². The van der Waals surface area contributed by atoms with Crippen molar-refractivity contribution < 1.29 is 24.9 Å². The molecule has 0 heterocycles. The fraction of sp³-hybridized carbons (Fsp3) is 0.905. The van der Waals surface area contributed by atoms with Crippen LogP contribution >= 0.6 is 0 Å². The third-order valence-corrected chi connectivity index (χ3v) is 5.75. The number of rotatable bonds is 16. The van der Waals surface area contributed by atoms with Gasteiger partial charge in [0.05, 0.1) is 18.9 Å². The molecule has 0 spiro atoms. The van der Waals surface area contributed by atoms with Crippen molar-refractivity contribution >= 4 is 11.9 Å². The van der Waals surface area contributed by atoms with Crippen molar-refractivity contribution in [3.8, 4) is 0 Å². The van der Waals surface area contributed by atoms with Gasteiger partial charge in [0.25, 0.3) is 0 Å². The Morgan fingerprint density at radius 2 is 1.50 bits per heavy atom. The predicted molar refractivity (Wildman–Crippen MR) is 102 cm³/mol. The molecular weight excluding hydrogens is 332 g/mol. The first-order valence-electron chi connectivity index (χ1n) is 10.3. The van der Waals surface area contributed by atoms with Gasteiger partial charge in [0, 0.05) is 0 Å². The summed E-state index contributed by atoms with van der Waals surface area (Å²) in [6.07, 6.45) is 12.2. The zero-order valence-electron chi connectivity index (χ0n) is 16.6. The number of unbranched alkanes of at least 4 members (excludes halogenated alkanes) is 4. The molecule has 0 aromatic heterocycles. The Bertz CT molecular complexity index is 412. The van der Waals surface area contributed by atoms with Gasteiger partial charge >= 0.3 is 11.9 Å². The highest BCUT2D eigenvalue weighted by atomic mass is 16.4. The lowest BCUT2D eigenvalue weighted by Gasteiger charge is -2.22. The van der Waals surface area contributed by atoms with Gasteiger partial charge < -0.3 is 15.3 Å². The van der Waals surface area contributed by atoms with Gasteiger partial charge in [-0.05, 0) is 49.4 Å². The van der Waals surface area contributed by atoms with Crippen molar-refractivity contribution in [1.29, 1.82) is 0 Å². The highest BCUT2D eigenvalue weighted by Gasteiger charge is 2.43. The molecule has 152 valence electrons. The van der Waals surface area contributed by atoms with Crippen LogP contribution in [0, 0.1) is 10.8 Å². The van der Waals surface area contributed by atoms with Gasteiger partial charge in [0.2, 0.25) is 0 Å². The van der Waals surface area contributed by atoms with E-state index < -0.39 is 11.9 Å². The first kappa shape index (κ1) is 22.9. The Morgan fingerprint density at radius 3 is 2.00 bits per heavy atom. The van der Waals surface area contributed by atoms with Crippen molar-refractivity contribution in [3.63, 3.8) is 0 Å². The number of carbonyl (C=O) groups is 2. The Morgan fingerprint density at radius 1 is 0.923 bits per heavy atom. The van der Waals surface area contributed by atoms with Crippen LogP contribution in [0.4, 0.5) is 0 Å². The standard InChI is InChI=1S/C21H38O5/c1-20(2,15-18(23)24)11-7-3-5-9-17(22)10-6-4-8-12-21(13-14-21)16-19(25)26/h17,22H,3-16H2,1-2H3,(H,23,24)(H,25,26). The molecule has 1 aliphatic rings. The Balaban J connectivity index is 1.96. The Labute approximate surface area is 158 Å². The molecule has 5 nitrogen and oxygen atoms in total. The molecule has 1 unspecified atom stereocenters. The first-order chi connectivity index (χ1) is 12.1. The molecule has 5 heteroatoms. The van der Waals surface area contributed by atoms with Crippen LogP contribution < -0.4 is 0 Å². The summed E-state index contributed by atoms with van der Waals surface area (Å²) >= 11 is 0. The minimum absolute atomic E-state index is 0.0961. The van der Waals surface area contributed by atoms with E-state index in [0.717, 1.165) is 77.0 Å². The molecule has 26 heavy (non-hydrogen) atoms. The zero-order valence-corrected chi connectivity index (χ0v) is 16.6. The molecule has 0 aromatic rings. The normalized spacial score (nSPS) is 17.0. The average molecular weight is 371 g/mol. The highest BCUT2D eigenvalue weighted by Crippen LogP contribution is 2.52. The lowest BCUT2D eigenvalue weighted by molar-refractivity contribution is -0.140. The van der Waals surface area contributed by atoms with Crippen molar-refractivity contribution in [3.05, 3.63) is 0 Å². The fourth-order valence-corrected chi connectivity index (χ4v) is 3.87. The molecule has 3 N–H and O–H groups in total. The molecular formula is C21H38O5. The van der Waals surface area contributed by atoms with E-state index in [9.17, 15) is 14.7 Å². The summed E-state index contributed by atoms with van der Waals surface area (Å²) in [7, 11) is 0. The SMILES string of the molecule is CC(C)(CCCCCC(O)CCCCCC1(CC(=O)O)CC1)CC(=O)O. The molecule has 1 saturated carbocycles. The molecule has 0 radical (unpaired) electrons. The molecule has 0 amide bonds. The van der Waals surface area contributed by atoms with Gasteiger partial charge in [-0.3, -0.25) is 9.59 Å². The van der Waals surface area contributed by atoms with Crippen LogP contribution in [-0.4, -0.2) is 33.4 Å². The Kier molecular flexibility index (Phi) is 9.62. The van der Waals surface area contributed by atoms with E-state index in [1.165, 1.54) is 0 Å². The first-order valence-corrected chi connectivity index (χ1v) is 10.3. The summed E-state index contributed by atoms with van der Waals surface area (Å²) < 4.78 is 0. The predicted octanol–water partition coefficient (Wildman–Crippen LogP) is 5.00. The lowest BCUT2D eigenvalue weighted by atomic mass is 9.83. The molecule has 1 rings (SSSR count). The number of aliphatic carboxylic acids is 2. The molecule has 0 bridgehead atoms. The average Bonchev–Trinajstić information content (AvgIpc) is 3.23. The van der Waals surface area contributed by atoms with Crippen LogP contribution in [0.5, 0.6) is 0 Å². The van der Waals surface area contributed by atoms with Crippen molar-refractivity contribution in [2.75, 3.05) is 0 Å². The number of hydrogen-bond donors (Lipinski definition) is 3. The van der Waals surface area contributed by atoms with Crippen molar-refractivity contribution in [1.82, 2.24) is 0 Å². The van der Waals surface area contributed by atoms with E-state index in [1.807, 2.05) is 13.8 Å². The van der Waals surface area contributed by atoms with Gasteiger partial charge in [0.15, 0.2) is 0 Å². The third-order valence-electron chi connectivity index (χ3n) is 5.75. The zero-order chi connectivity index (χ0) is 19.6. The maximum atomic E-state index is 10.8. The summed E-state index contributed by atoms with van der Waals surface area (Å²) in [5.74, 6) is -1.41. The van der Waals surface area contributed by atoms with Crippen LogP contribution in [0.1, 0.15) is 104 Å². The number of aliphatic hydroxyl groups is 1.